The molecule has 4 rings (SSSR count). The van der Waals surface area contributed by atoms with Crippen molar-refractivity contribution in [1.29, 1.82) is 0 Å². The molecule has 8 nitrogen and oxygen atoms in total. The summed E-state index contributed by atoms with van der Waals surface area (Å²) in [5, 5.41) is 10.7. The summed E-state index contributed by atoms with van der Waals surface area (Å²) < 4.78 is 0. The van der Waals surface area contributed by atoms with E-state index in [1.54, 1.807) is 30.5 Å². The van der Waals surface area contributed by atoms with Crippen LogP contribution in [0.2, 0.25) is 0 Å². The lowest BCUT2D eigenvalue weighted by molar-refractivity contribution is -0.117. The first-order valence-corrected chi connectivity index (χ1v) is 9.08. The lowest BCUT2D eigenvalue weighted by Crippen LogP contribution is -2.27. The topological polar surface area (TPSA) is 143 Å². The quantitative estimate of drug-likeness (QED) is 0.345. The molecule has 0 radical (unpaired) electrons. The maximum absolute atomic E-state index is 12.9. The van der Waals surface area contributed by atoms with Gasteiger partial charge in [0.25, 0.3) is 0 Å². The van der Waals surface area contributed by atoms with E-state index >= 15 is 0 Å². The predicted octanol–water partition coefficient (Wildman–Crippen LogP) is 2.34. The van der Waals surface area contributed by atoms with Crippen molar-refractivity contribution >= 4 is 28.4 Å². The van der Waals surface area contributed by atoms with Gasteiger partial charge in [-0.25, -0.2) is 0 Å². The van der Waals surface area contributed by atoms with Crippen LogP contribution in [0.1, 0.15) is 21.8 Å². The summed E-state index contributed by atoms with van der Waals surface area (Å²) in [6, 6.07) is 12.3. The molecule has 29 heavy (non-hydrogen) atoms. The number of rotatable bonds is 6. The van der Waals surface area contributed by atoms with Crippen LogP contribution in [0.15, 0.2) is 61.1 Å². The molecule has 2 amide bonds. The minimum absolute atomic E-state index is 0.128. The molecule has 0 aliphatic rings. The van der Waals surface area contributed by atoms with Crippen molar-refractivity contribution in [3.05, 3.63) is 72.2 Å². The van der Waals surface area contributed by atoms with Crippen LogP contribution in [0.25, 0.3) is 22.0 Å². The van der Waals surface area contributed by atoms with Gasteiger partial charge < -0.3 is 21.8 Å². The molecule has 4 aromatic rings. The van der Waals surface area contributed by atoms with Crippen molar-refractivity contribution in [3.63, 3.8) is 0 Å². The fraction of sp³-hybridized carbons (Fsp3) is 0.0952. The van der Waals surface area contributed by atoms with Gasteiger partial charge in [0.05, 0.1) is 23.3 Å². The molecule has 0 bridgehead atoms. The number of fused-ring (bicyclic) bond motifs is 1. The van der Waals surface area contributed by atoms with Crippen LogP contribution in [0, 0.1) is 0 Å². The van der Waals surface area contributed by atoms with Gasteiger partial charge in [-0.1, -0.05) is 24.3 Å². The summed E-state index contributed by atoms with van der Waals surface area (Å²) in [5.74, 6) is -1.31. The van der Waals surface area contributed by atoms with Gasteiger partial charge in [0.1, 0.15) is 0 Å². The second kappa shape index (κ2) is 7.61. The Balaban J connectivity index is 1.61. The number of primary amides is 1. The summed E-state index contributed by atoms with van der Waals surface area (Å²) in [7, 11) is 0. The third kappa shape index (κ3) is 3.48. The number of H-pyrrole nitrogens is 2. The highest BCUT2D eigenvalue weighted by Crippen LogP contribution is 2.32. The highest BCUT2D eigenvalue weighted by molar-refractivity contribution is 6.07. The Morgan fingerprint density at radius 3 is 2.55 bits per heavy atom. The highest BCUT2D eigenvalue weighted by atomic mass is 16.2. The van der Waals surface area contributed by atoms with Crippen LogP contribution in [-0.4, -0.2) is 33.5 Å². The van der Waals surface area contributed by atoms with Gasteiger partial charge >= 0.3 is 0 Å². The Morgan fingerprint density at radius 1 is 1.10 bits per heavy atom. The third-order valence-corrected chi connectivity index (χ3v) is 4.93. The smallest absolute Gasteiger partial charge is 0.248 e. The van der Waals surface area contributed by atoms with Crippen LogP contribution in [0.3, 0.4) is 0 Å². The van der Waals surface area contributed by atoms with Crippen molar-refractivity contribution in [2.75, 3.05) is 11.9 Å². The van der Waals surface area contributed by atoms with E-state index in [9.17, 15) is 9.59 Å². The highest BCUT2D eigenvalue weighted by Gasteiger charge is 2.21. The molecule has 0 spiro atoms. The zero-order chi connectivity index (χ0) is 20.4. The van der Waals surface area contributed by atoms with E-state index in [4.69, 9.17) is 11.5 Å². The van der Waals surface area contributed by atoms with Crippen LogP contribution >= 0.6 is 0 Å². The summed E-state index contributed by atoms with van der Waals surface area (Å²) in [4.78, 5) is 27.4. The average Bonchev–Trinajstić information content (AvgIpc) is 3.39. The maximum atomic E-state index is 12.9. The number of carbonyl (C=O) groups is 2. The average molecular weight is 388 g/mol. The van der Waals surface area contributed by atoms with Crippen molar-refractivity contribution in [1.82, 2.24) is 15.2 Å². The van der Waals surface area contributed by atoms with E-state index in [1.807, 2.05) is 30.6 Å². The number of benzene rings is 2. The number of anilines is 1. The largest absolute Gasteiger partial charge is 0.366 e. The van der Waals surface area contributed by atoms with Gasteiger partial charge in [0.2, 0.25) is 11.8 Å². The molecule has 7 N–H and O–H groups in total. The van der Waals surface area contributed by atoms with E-state index in [1.165, 1.54) is 0 Å². The molecule has 1 atom stereocenters. The van der Waals surface area contributed by atoms with Gasteiger partial charge in [-0.3, -0.25) is 14.7 Å². The van der Waals surface area contributed by atoms with Crippen molar-refractivity contribution in [2.24, 2.45) is 11.5 Å². The molecule has 0 saturated carbocycles. The minimum atomic E-state index is -0.560. The Kier molecular flexibility index (Phi) is 4.84. The lowest BCUT2D eigenvalue weighted by atomic mass is 9.97. The number of hydrogen-bond acceptors (Lipinski definition) is 4. The molecule has 2 heterocycles. The van der Waals surface area contributed by atoms with Gasteiger partial charge in [-0.15, -0.1) is 0 Å². The van der Waals surface area contributed by atoms with Crippen LogP contribution in [0.5, 0.6) is 0 Å². The van der Waals surface area contributed by atoms with Crippen molar-refractivity contribution in [2.45, 2.75) is 5.92 Å². The Hall–Kier alpha value is -3.91. The zero-order valence-electron chi connectivity index (χ0n) is 15.5. The molecule has 0 aliphatic heterocycles. The summed E-state index contributed by atoms with van der Waals surface area (Å²) in [6.07, 6.45) is 5.44. The Labute approximate surface area is 166 Å². The second-order valence-corrected chi connectivity index (χ2v) is 6.68. The number of para-hydroxylation sites is 1. The van der Waals surface area contributed by atoms with Gasteiger partial charge in [-0.05, 0) is 23.8 Å². The number of nitrogens with zero attached hydrogens (tertiary/aromatic N) is 1. The number of carbonyl (C=O) groups excluding carboxylic acids is 2. The number of aromatic amines is 2. The molecule has 8 heteroatoms. The molecule has 2 aromatic carbocycles. The van der Waals surface area contributed by atoms with Crippen LogP contribution in [0.4, 0.5) is 5.69 Å². The number of nitrogens with one attached hydrogen (secondary N) is 3. The number of hydrogen-bond donors (Lipinski definition) is 5. The molecule has 146 valence electrons. The monoisotopic (exact) mass is 388 g/mol. The van der Waals surface area contributed by atoms with Gasteiger partial charge in [0, 0.05) is 41.0 Å². The molecular formula is C21H20N6O2. The first-order valence-electron chi connectivity index (χ1n) is 9.08. The molecule has 1 unspecified atom stereocenters. The van der Waals surface area contributed by atoms with E-state index in [0.717, 1.165) is 22.0 Å². The summed E-state index contributed by atoms with van der Waals surface area (Å²) in [5.41, 5.74) is 15.7. The standard InChI is InChI=1S/C21H20N6O2/c22-8-16(12-4-6-13(7-5-12)20(23)28)21(29)27-18-3-1-2-15-17(11-24-19(15)18)14-9-25-26-10-14/h1-7,9-11,16,24H,8,22H2,(H2,23,28)(H,25,26)(H,27,29). The molecule has 2 aromatic heterocycles. The lowest BCUT2D eigenvalue weighted by Gasteiger charge is -2.16. The van der Waals surface area contributed by atoms with E-state index in [-0.39, 0.29) is 12.5 Å². The summed E-state index contributed by atoms with van der Waals surface area (Å²) in [6.45, 7) is 0.128. The fourth-order valence-corrected chi connectivity index (χ4v) is 3.39. The number of aromatic nitrogens is 3. The maximum Gasteiger partial charge on any atom is 0.248 e. The normalized spacial score (nSPS) is 12.0. The van der Waals surface area contributed by atoms with Gasteiger partial charge in [0.15, 0.2) is 0 Å². The SMILES string of the molecule is NCC(C(=O)Nc1cccc2c(-c3cn[nH]c3)c[nH]c12)c1ccc(C(N)=O)cc1. The number of nitrogens with two attached hydrogens (primary N) is 2. The van der Waals surface area contributed by atoms with Gasteiger partial charge in [-0.2, -0.15) is 5.10 Å². The first-order chi connectivity index (χ1) is 14.1. The predicted molar refractivity (Wildman–Crippen MR) is 111 cm³/mol. The molecule has 0 aliphatic carbocycles. The van der Waals surface area contributed by atoms with E-state index in [2.05, 4.69) is 20.5 Å². The third-order valence-electron chi connectivity index (χ3n) is 4.93. The number of amides is 2. The molecule has 0 saturated heterocycles. The minimum Gasteiger partial charge on any atom is -0.366 e. The molecular weight excluding hydrogens is 368 g/mol. The van der Waals surface area contributed by atoms with Crippen molar-refractivity contribution < 1.29 is 9.59 Å². The van der Waals surface area contributed by atoms with E-state index < -0.39 is 11.8 Å². The zero-order valence-corrected chi connectivity index (χ0v) is 15.5. The van der Waals surface area contributed by atoms with E-state index in [0.29, 0.717) is 16.8 Å². The Morgan fingerprint density at radius 2 is 1.90 bits per heavy atom. The van der Waals surface area contributed by atoms with Crippen LogP contribution in [-0.2, 0) is 4.79 Å². The first kappa shape index (κ1) is 18.5. The Bertz CT molecular complexity index is 1160. The van der Waals surface area contributed by atoms with Crippen molar-refractivity contribution in [3.8, 4) is 11.1 Å². The molecule has 0 fully saturated rings. The summed E-state index contributed by atoms with van der Waals surface area (Å²) >= 11 is 0. The second-order valence-electron chi connectivity index (χ2n) is 6.68. The van der Waals surface area contributed by atoms with Crippen LogP contribution < -0.4 is 16.8 Å². The fourth-order valence-electron chi connectivity index (χ4n) is 3.39.